The van der Waals surface area contributed by atoms with Crippen LogP contribution in [0.4, 0.5) is 10.1 Å². The summed E-state index contributed by atoms with van der Waals surface area (Å²) in [6.07, 6.45) is 1.60. The van der Waals surface area contributed by atoms with Crippen molar-refractivity contribution >= 4 is 40.6 Å². The number of nitrogens with zero attached hydrogens (tertiary/aromatic N) is 1. The highest BCUT2D eigenvalue weighted by Crippen LogP contribution is 2.28. The average Bonchev–Trinajstić information content (AvgIpc) is 2.96. The smallest absolute Gasteiger partial charge is 0.306 e. The van der Waals surface area contributed by atoms with Crippen LogP contribution in [-0.4, -0.2) is 28.8 Å². The maximum absolute atomic E-state index is 12.9. The predicted octanol–water partition coefficient (Wildman–Crippen LogP) is 3.57. The fourth-order valence-electron chi connectivity index (χ4n) is 2.22. The quantitative estimate of drug-likeness (QED) is 0.741. The molecular weight excluding hydrogens is 371 g/mol. The largest absolute Gasteiger partial charge is 0.493 e. The molecule has 2 N–H and O–H groups in total. The molecule has 0 bridgehead atoms. The molecule has 138 valence electrons. The van der Waals surface area contributed by atoms with Crippen molar-refractivity contribution in [1.82, 2.24) is 5.32 Å². The lowest BCUT2D eigenvalue weighted by atomic mass is 10.2. The van der Waals surface area contributed by atoms with Gasteiger partial charge in [-0.2, -0.15) is 0 Å². The van der Waals surface area contributed by atoms with E-state index in [0.717, 1.165) is 5.56 Å². The van der Waals surface area contributed by atoms with Crippen molar-refractivity contribution in [2.24, 2.45) is 4.99 Å². The molecule has 1 amide bonds. The van der Waals surface area contributed by atoms with Gasteiger partial charge in [-0.25, -0.2) is 9.38 Å². The Morgan fingerprint density at radius 1 is 1.26 bits per heavy atom. The van der Waals surface area contributed by atoms with Gasteiger partial charge in [-0.1, -0.05) is 12.1 Å². The van der Waals surface area contributed by atoms with Crippen LogP contribution in [0.1, 0.15) is 12.0 Å². The Balaban J connectivity index is 1.70. The van der Waals surface area contributed by atoms with E-state index in [1.54, 1.807) is 30.3 Å². The lowest BCUT2D eigenvalue weighted by Gasteiger charge is -2.05. The molecule has 0 radical (unpaired) electrons. The van der Waals surface area contributed by atoms with E-state index in [-0.39, 0.29) is 24.8 Å². The van der Waals surface area contributed by atoms with Gasteiger partial charge in [0.2, 0.25) is 0 Å². The number of aliphatic imine (C=N–C) groups is 1. The summed E-state index contributed by atoms with van der Waals surface area (Å²) in [6, 6.07) is 12.6. The topological polar surface area (TPSA) is 88.0 Å². The van der Waals surface area contributed by atoms with Gasteiger partial charge in [0.1, 0.15) is 11.6 Å². The Kier molecular flexibility index (Phi) is 5.87. The number of amidine groups is 1. The van der Waals surface area contributed by atoms with Crippen molar-refractivity contribution in [3.8, 4) is 5.75 Å². The number of hydrogen-bond acceptors (Lipinski definition) is 5. The van der Waals surface area contributed by atoms with Crippen LogP contribution in [0.25, 0.3) is 6.08 Å². The van der Waals surface area contributed by atoms with Crippen molar-refractivity contribution in [1.29, 1.82) is 0 Å². The Morgan fingerprint density at radius 3 is 2.78 bits per heavy atom. The summed E-state index contributed by atoms with van der Waals surface area (Å²) < 4.78 is 18.3. The first-order valence-corrected chi connectivity index (χ1v) is 8.81. The summed E-state index contributed by atoms with van der Waals surface area (Å²) in [4.78, 5) is 27.4. The lowest BCUT2D eigenvalue weighted by Crippen LogP contribution is -2.19. The number of amides is 1. The van der Waals surface area contributed by atoms with Crippen LogP contribution >= 0.6 is 11.8 Å². The molecule has 3 rings (SSSR count). The number of carbonyl (C=O) groups is 2. The number of ether oxygens (including phenoxy) is 1. The van der Waals surface area contributed by atoms with Gasteiger partial charge in [-0.15, -0.1) is 0 Å². The fraction of sp³-hybridized carbons (Fsp3) is 0.105. The summed E-state index contributed by atoms with van der Waals surface area (Å²) in [5, 5.41) is 11.7. The van der Waals surface area contributed by atoms with Crippen LogP contribution in [0.15, 0.2) is 58.4 Å². The predicted molar refractivity (Wildman–Crippen MR) is 101 cm³/mol. The third-order valence-corrected chi connectivity index (χ3v) is 4.36. The van der Waals surface area contributed by atoms with E-state index in [1.165, 1.54) is 36.0 Å². The van der Waals surface area contributed by atoms with E-state index in [4.69, 9.17) is 9.84 Å². The van der Waals surface area contributed by atoms with E-state index in [9.17, 15) is 14.0 Å². The van der Waals surface area contributed by atoms with Crippen molar-refractivity contribution < 1.29 is 23.8 Å². The maximum Gasteiger partial charge on any atom is 0.306 e. The standard InChI is InChI=1S/C19H15FN2O4S/c20-13-4-6-14(7-5-13)21-19-22-18(25)16(27-19)11-12-2-1-3-15(10-12)26-9-8-17(23)24/h1-7,10-11H,8-9H2,(H,23,24)(H,21,22,25)/b16-11+. The molecule has 1 heterocycles. The van der Waals surface area contributed by atoms with Gasteiger partial charge in [0, 0.05) is 0 Å². The monoisotopic (exact) mass is 386 g/mol. The summed E-state index contributed by atoms with van der Waals surface area (Å²) in [5.74, 6) is -1.04. The van der Waals surface area contributed by atoms with Crippen molar-refractivity contribution in [3.05, 3.63) is 64.8 Å². The molecule has 1 aliphatic rings. The van der Waals surface area contributed by atoms with Gasteiger partial charge in [0.05, 0.1) is 23.6 Å². The van der Waals surface area contributed by atoms with E-state index >= 15 is 0 Å². The van der Waals surface area contributed by atoms with Crippen LogP contribution in [0.5, 0.6) is 5.75 Å². The zero-order valence-corrected chi connectivity index (χ0v) is 14.8. The SMILES string of the molecule is O=C(O)CCOc1cccc(/C=C2/SC(=Nc3ccc(F)cc3)NC2=O)c1. The average molecular weight is 386 g/mol. The molecule has 1 aliphatic heterocycles. The van der Waals surface area contributed by atoms with E-state index < -0.39 is 5.97 Å². The third kappa shape index (κ3) is 5.42. The molecule has 2 aromatic carbocycles. The zero-order chi connectivity index (χ0) is 19.2. The van der Waals surface area contributed by atoms with E-state index in [1.807, 2.05) is 0 Å². The van der Waals surface area contributed by atoms with Crippen LogP contribution in [0, 0.1) is 5.82 Å². The van der Waals surface area contributed by atoms with Gasteiger partial charge in [0.25, 0.3) is 5.91 Å². The van der Waals surface area contributed by atoms with Gasteiger partial charge in [-0.05, 0) is 59.8 Å². The molecule has 6 nitrogen and oxygen atoms in total. The molecule has 8 heteroatoms. The lowest BCUT2D eigenvalue weighted by molar-refractivity contribution is -0.137. The number of carboxylic acid groups (broad SMARTS) is 1. The van der Waals surface area contributed by atoms with Crippen molar-refractivity contribution in [2.45, 2.75) is 6.42 Å². The first-order chi connectivity index (χ1) is 13.0. The highest BCUT2D eigenvalue weighted by molar-refractivity contribution is 8.18. The molecule has 1 fully saturated rings. The normalized spacial score (nSPS) is 16.6. The zero-order valence-electron chi connectivity index (χ0n) is 14.0. The van der Waals surface area contributed by atoms with E-state index in [2.05, 4.69) is 10.3 Å². The number of benzene rings is 2. The summed E-state index contributed by atoms with van der Waals surface area (Å²) >= 11 is 1.18. The minimum Gasteiger partial charge on any atom is -0.493 e. The van der Waals surface area contributed by atoms with E-state index in [0.29, 0.717) is 21.5 Å². The maximum atomic E-state index is 12.9. The first kappa shape index (κ1) is 18.7. The van der Waals surface area contributed by atoms with Gasteiger partial charge >= 0.3 is 5.97 Å². The van der Waals surface area contributed by atoms with Crippen molar-refractivity contribution in [3.63, 3.8) is 0 Å². The Bertz CT molecular complexity index is 926. The Labute approximate surface area is 158 Å². The summed E-state index contributed by atoms with van der Waals surface area (Å²) in [5.41, 5.74) is 1.28. The van der Waals surface area contributed by atoms with Crippen LogP contribution in [0.2, 0.25) is 0 Å². The van der Waals surface area contributed by atoms with Gasteiger partial charge in [-0.3, -0.25) is 9.59 Å². The number of halogens is 1. The Hall–Kier alpha value is -3.13. The molecule has 0 aromatic heterocycles. The molecule has 27 heavy (non-hydrogen) atoms. The highest BCUT2D eigenvalue weighted by atomic mass is 32.2. The molecule has 0 saturated carbocycles. The molecule has 2 aromatic rings. The number of hydrogen-bond donors (Lipinski definition) is 2. The van der Waals surface area contributed by atoms with Crippen molar-refractivity contribution in [2.75, 3.05) is 6.61 Å². The van der Waals surface area contributed by atoms with Crippen LogP contribution in [-0.2, 0) is 9.59 Å². The number of nitrogens with one attached hydrogen (secondary N) is 1. The summed E-state index contributed by atoms with van der Waals surface area (Å²) in [7, 11) is 0. The van der Waals surface area contributed by atoms with Gasteiger partial charge < -0.3 is 15.2 Å². The third-order valence-electron chi connectivity index (χ3n) is 3.45. The molecular formula is C19H15FN2O4S. The van der Waals surface area contributed by atoms with Crippen LogP contribution in [0.3, 0.4) is 0 Å². The second kappa shape index (κ2) is 8.50. The second-order valence-electron chi connectivity index (χ2n) is 5.52. The number of carboxylic acids is 1. The minimum atomic E-state index is -0.930. The van der Waals surface area contributed by atoms with Gasteiger partial charge in [0.15, 0.2) is 5.17 Å². The minimum absolute atomic E-state index is 0.0685. The molecule has 0 aliphatic carbocycles. The molecule has 0 spiro atoms. The summed E-state index contributed by atoms with van der Waals surface area (Å²) in [6.45, 7) is 0.0685. The number of rotatable bonds is 6. The second-order valence-corrected chi connectivity index (χ2v) is 6.55. The molecule has 0 atom stereocenters. The highest BCUT2D eigenvalue weighted by Gasteiger charge is 2.23. The number of aliphatic carboxylic acids is 1. The molecule has 1 saturated heterocycles. The van der Waals surface area contributed by atoms with Crippen LogP contribution < -0.4 is 10.1 Å². The number of thioether (sulfide) groups is 1. The molecule has 0 unspecified atom stereocenters. The first-order valence-electron chi connectivity index (χ1n) is 7.99. The fourth-order valence-corrected chi connectivity index (χ4v) is 3.06. The Morgan fingerprint density at radius 2 is 2.04 bits per heavy atom. The number of carbonyl (C=O) groups excluding carboxylic acids is 1.